The third-order valence-electron chi connectivity index (χ3n) is 3.08. The minimum Gasteiger partial charge on any atom is -0.373 e. The molecule has 6 heteroatoms. The molecule has 20 heavy (non-hydrogen) atoms. The maximum atomic E-state index is 4.53. The van der Waals surface area contributed by atoms with Crippen molar-refractivity contribution >= 4 is 11.6 Å². The first-order valence-corrected chi connectivity index (χ1v) is 6.91. The Bertz CT molecular complexity index is 575. The topological polar surface area (TPSA) is 67.7 Å². The van der Waals surface area contributed by atoms with Gasteiger partial charge in [0.1, 0.15) is 17.5 Å². The van der Waals surface area contributed by atoms with E-state index in [9.17, 15) is 0 Å². The number of hydrogen-bond acceptors (Lipinski definition) is 5. The minimum atomic E-state index is 0.714. The second-order valence-electron chi connectivity index (χ2n) is 4.82. The lowest BCUT2D eigenvalue weighted by Crippen LogP contribution is -2.07. The van der Waals surface area contributed by atoms with E-state index in [4.69, 9.17) is 0 Å². The summed E-state index contributed by atoms with van der Waals surface area (Å²) >= 11 is 0. The van der Waals surface area contributed by atoms with Crippen molar-refractivity contribution in [2.45, 2.75) is 33.2 Å². The average molecular weight is 274 g/mol. The minimum absolute atomic E-state index is 0.714. The predicted molar refractivity (Wildman–Crippen MR) is 80.8 cm³/mol. The van der Waals surface area contributed by atoms with Gasteiger partial charge >= 0.3 is 0 Å². The Balaban J connectivity index is 2.12. The Hall–Kier alpha value is -2.11. The summed E-state index contributed by atoms with van der Waals surface area (Å²) in [6, 6.07) is 1.92. The maximum Gasteiger partial charge on any atom is 0.133 e. The van der Waals surface area contributed by atoms with Crippen molar-refractivity contribution in [2.24, 2.45) is 7.05 Å². The summed E-state index contributed by atoms with van der Waals surface area (Å²) in [7, 11) is 3.80. The van der Waals surface area contributed by atoms with Gasteiger partial charge in [-0.3, -0.25) is 4.68 Å². The van der Waals surface area contributed by atoms with Gasteiger partial charge in [-0.15, -0.1) is 0 Å². The van der Waals surface area contributed by atoms with Crippen LogP contribution in [0.25, 0.3) is 0 Å². The largest absolute Gasteiger partial charge is 0.373 e. The van der Waals surface area contributed by atoms with E-state index < -0.39 is 0 Å². The molecular formula is C14H22N6. The molecule has 0 bridgehead atoms. The Morgan fingerprint density at radius 2 is 2.00 bits per heavy atom. The number of nitrogens with one attached hydrogen (secondary N) is 2. The van der Waals surface area contributed by atoms with Gasteiger partial charge in [-0.2, -0.15) is 5.10 Å². The van der Waals surface area contributed by atoms with E-state index in [-0.39, 0.29) is 0 Å². The number of rotatable bonds is 6. The van der Waals surface area contributed by atoms with E-state index in [0.29, 0.717) is 6.54 Å². The molecule has 6 nitrogen and oxygen atoms in total. The molecule has 0 amide bonds. The van der Waals surface area contributed by atoms with E-state index in [2.05, 4.69) is 32.6 Å². The van der Waals surface area contributed by atoms with Crippen LogP contribution in [0.3, 0.4) is 0 Å². The van der Waals surface area contributed by atoms with Gasteiger partial charge in [0.2, 0.25) is 0 Å². The van der Waals surface area contributed by atoms with Gasteiger partial charge in [0.25, 0.3) is 0 Å². The van der Waals surface area contributed by atoms with Gasteiger partial charge in [-0.1, -0.05) is 6.92 Å². The van der Waals surface area contributed by atoms with Gasteiger partial charge in [0.15, 0.2) is 0 Å². The summed E-state index contributed by atoms with van der Waals surface area (Å²) in [5.74, 6) is 2.55. The van der Waals surface area contributed by atoms with E-state index in [1.807, 2.05) is 38.0 Å². The van der Waals surface area contributed by atoms with Crippen molar-refractivity contribution in [3.8, 4) is 0 Å². The number of hydrogen-bond donors (Lipinski definition) is 2. The molecule has 0 aliphatic heterocycles. The molecule has 0 atom stereocenters. The number of anilines is 2. The molecule has 0 saturated heterocycles. The molecule has 0 saturated carbocycles. The van der Waals surface area contributed by atoms with E-state index in [0.717, 1.165) is 36.0 Å². The third-order valence-corrected chi connectivity index (χ3v) is 3.08. The van der Waals surface area contributed by atoms with Crippen molar-refractivity contribution in [2.75, 3.05) is 17.7 Å². The smallest absolute Gasteiger partial charge is 0.133 e. The van der Waals surface area contributed by atoms with Crippen molar-refractivity contribution < 1.29 is 0 Å². The highest BCUT2D eigenvalue weighted by Gasteiger charge is 2.06. The van der Waals surface area contributed by atoms with E-state index in [1.165, 1.54) is 5.56 Å². The van der Waals surface area contributed by atoms with Gasteiger partial charge in [-0.25, -0.2) is 9.97 Å². The zero-order valence-corrected chi connectivity index (χ0v) is 12.6. The van der Waals surface area contributed by atoms with Crippen LogP contribution in [0, 0.1) is 6.92 Å². The van der Waals surface area contributed by atoms with E-state index >= 15 is 0 Å². The molecule has 2 aromatic rings. The molecule has 108 valence electrons. The molecular weight excluding hydrogens is 252 g/mol. The van der Waals surface area contributed by atoms with Crippen molar-refractivity contribution in [1.82, 2.24) is 19.7 Å². The first-order valence-electron chi connectivity index (χ1n) is 6.91. The van der Waals surface area contributed by atoms with Crippen molar-refractivity contribution in [3.05, 3.63) is 29.3 Å². The van der Waals surface area contributed by atoms with Crippen LogP contribution in [0.4, 0.5) is 11.6 Å². The number of aromatic nitrogens is 4. The molecule has 0 aliphatic carbocycles. The molecule has 0 aliphatic rings. The molecule has 0 unspecified atom stereocenters. The lowest BCUT2D eigenvalue weighted by atomic mass is 10.2. The van der Waals surface area contributed by atoms with Gasteiger partial charge in [-0.05, 0) is 13.3 Å². The standard InChI is InChI=1S/C14H22N6/c1-5-6-12-17-13(15-3)7-14(18-12)16-8-11-9-20(4)19-10(11)2/h7,9H,5-6,8H2,1-4H3,(H2,15,16,17,18). The Kier molecular flexibility index (Phi) is 4.55. The molecule has 0 fully saturated rings. The molecule has 2 aromatic heterocycles. The highest BCUT2D eigenvalue weighted by Crippen LogP contribution is 2.14. The summed E-state index contributed by atoms with van der Waals surface area (Å²) in [6.07, 6.45) is 3.94. The zero-order chi connectivity index (χ0) is 14.5. The number of nitrogens with zero attached hydrogens (tertiary/aromatic N) is 4. The van der Waals surface area contributed by atoms with Crippen LogP contribution in [0.2, 0.25) is 0 Å². The van der Waals surface area contributed by atoms with Crippen molar-refractivity contribution in [1.29, 1.82) is 0 Å². The molecule has 2 rings (SSSR count). The van der Waals surface area contributed by atoms with Crippen LogP contribution in [-0.4, -0.2) is 26.8 Å². The summed E-state index contributed by atoms with van der Waals surface area (Å²) in [5, 5.41) is 10.8. The van der Waals surface area contributed by atoms with Gasteiger partial charge in [0.05, 0.1) is 5.69 Å². The predicted octanol–water partition coefficient (Wildman–Crippen LogP) is 2.12. The molecule has 0 radical (unpaired) electrons. The fourth-order valence-electron chi connectivity index (χ4n) is 2.06. The van der Waals surface area contributed by atoms with Crippen LogP contribution in [-0.2, 0) is 20.0 Å². The van der Waals surface area contributed by atoms with Crippen LogP contribution in [0.1, 0.15) is 30.4 Å². The van der Waals surface area contributed by atoms with Gasteiger partial charge in [0, 0.05) is 44.9 Å². The second-order valence-corrected chi connectivity index (χ2v) is 4.82. The first kappa shape index (κ1) is 14.3. The second kappa shape index (κ2) is 6.36. The lowest BCUT2D eigenvalue weighted by Gasteiger charge is -2.09. The molecule has 0 aromatic carbocycles. The van der Waals surface area contributed by atoms with Crippen LogP contribution < -0.4 is 10.6 Å². The summed E-state index contributed by atoms with van der Waals surface area (Å²) in [5.41, 5.74) is 2.21. The molecule has 0 spiro atoms. The van der Waals surface area contributed by atoms with Crippen molar-refractivity contribution in [3.63, 3.8) is 0 Å². The van der Waals surface area contributed by atoms with Crippen LogP contribution in [0.15, 0.2) is 12.3 Å². The summed E-state index contributed by atoms with van der Waals surface area (Å²) < 4.78 is 1.83. The molecule has 2 N–H and O–H groups in total. The lowest BCUT2D eigenvalue weighted by molar-refractivity contribution is 0.756. The SMILES string of the molecule is CCCc1nc(NC)cc(NCc2cn(C)nc2C)n1. The van der Waals surface area contributed by atoms with Gasteiger partial charge < -0.3 is 10.6 Å². The maximum absolute atomic E-state index is 4.53. The number of aryl methyl sites for hydroxylation is 3. The quantitative estimate of drug-likeness (QED) is 0.844. The Morgan fingerprint density at radius 3 is 2.60 bits per heavy atom. The monoisotopic (exact) mass is 274 g/mol. The fourth-order valence-corrected chi connectivity index (χ4v) is 2.06. The first-order chi connectivity index (χ1) is 9.62. The van der Waals surface area contributed by atoms with E-state index in [1.54, 1.807) is 0 Å². The van der Waals surface area contributed by atoms with Crippen LogP contribution in [0.5, 0.6) is 0 Å². The fraction of sp³-hybridized carbons (Fsp3) is 0.500. The Morgan fingerprint density at radius 1 is 1.25 bits per heavy atom. The highest BCUT2D eigenvalue weighted by atomic mass is 15.3. The summed E-state index contributed by atoms with van der Waals surface area (Å²) in [4.78, 5) is 8.97. The summed E-state index contributed by atoms with van der Waals surface area (Å²) in [6.45, 7) is 4.85. The molecule has 2 heterocycles. The zero-order valence-electron chi connectivity index (χ0n) is 12.6. The average Bonchev–Trinajstić information content (AvgIpc) is 2.75. The highest BCUT2D eigenvalue weighted by molar-refractivity contribution is 5.47. The third kappa shape index (κ3) is 3.46. The van der Waals surface area contributed by atoms with Crippen LogP contribution >= 0.6 is 0 Å². The normalized spacial score (nSPS) is 10.6. The Labute approximate surface area is 119 Å².